The number of rotatable bonds is 6. The highest BCUT2D eigenvalue weighted by Crippen LogP contribution is 2.20. The third-order valence-electron chi connectivity index (χ3n) is 2.85. The molecule has 0 bridgehead atoms. The van der Waals surface area contributed by atoms with Crippen LogP contribution in [0.3, 0.4) is 0 Å². The normalized spacial score (nSPS) is 10.4. The Balaban J connectivity index is 2.02. The third kappa shape index (κ3) is 4.25. The molecule has 1 N–H and O–H groups in total. The molecule has 7 heteroatoms. The Labute approximate surface area is 136 Å². The molecule has 0 aliphatic carbocycles. The summed E-state index contributed by atoms with van der Waals surface area (Å²) < 4.78 is 0.993. The van der Waals surface area contributed by atoms with E-state index in [1.807, 2.05) is 24.3 Å². The van der Waals surface area contributed by atoms with E-state index in [1.54, 1.807) is 11.9 Å². The largest absolute Gasteiger partial charge is 0.360 e. The number of nitrogens with zero attached hydrogens (tertiary/aromatic N) is 3. The van der Waals surface area contributed by atoms with Crippen molar-refractivity contribution in [3.8, 4) is 0 Å². The molecule has 1 aromatic heterocycles. The van der Waals surface area contributed by atoms with Gasteiger partial charge in [-0.05, 0) is 18.1 Å². The maximum atomic E-state index is 12.3. The lowest BCUT2D eigenvalue weighted by Gasteiger charge is -2.16. The van der Waals surface area contributed by atoms with Crippen LogP contribution in [0.15, 0.2) is 28.7 Å². The Hall–Kier alpha value is -1.47. The van der Waals surface area contributed by atoms with Crippen LogP contribution in [0.2, 0.25) is 0 Å². The lowest BCUT2D eigenvalue weighted by Crippen LogP contribution is -2.26. The number of hydrogen-bond acceptors (Lipinski definition) is 5. The molecule has 2 aromatic rings. The second kappa shape index (κ2) is 7.51. The van der Waals surface area contributed by atoms with Crippen LogP contribution in [0.1, 0.15) is 28.7 Å². The molecule has 1 amide bonds. The average Bonchev–Trinajstić information content (AvgIpc) is 2.95. The molecule has 0 aliphatic heterocycles. The summed E-state index contributed by atoms with van der Waals surface area (Å²) in [5, 5.41) is 12.2. The smallest absolute Gasteiger partial charge is 0.284 e. The highest BCUT2D eigenvalue weighted by Gasteiger charge is 2.18. The van der Waals surface area contributed by atoms with Crippen molar-refractivity contribution in [3.05, 3.63) is 39.3 Å². The number of carbonyl (C=O) groups excluding carboxylic acids is 1. The molecular weight excluding hydrogens is 352 g/mol. The predicted octanol–water partition coefficient (Wildman–Crippen LogP) is 3.39. The second-order valence-corrected chi connectivity index (χ2v) is 6.42. The SMILES string of the molecule is CCCNc1nnc(C(=O)N(C)Cc2ccccc2Br)s1. The lowest BCUT2D eigenvalue weighted by molar-refractivity contribution is 0.0783. The zero-order valence-electron chi connectivity index (χ0n) is 12.0. The van der Waals surface area contributed by atoms with E-state index in [-0.39, 0.29) is 5.91 Å². The summed E-state index contributed by atoms with van der Waals surface area (Å²) in [7, 11) is 1.77. The van der Waals surface area contributed by atoms with Crippen LogP contribution in [0.25, 0.3) is 0 Å². The zero-order chi connectivity index (χ0) is 15.2. The molecule has 0 atom stereocenters. The van der Waals surface area contributed by atoms with E-state index in [0.29, 0.717) is 16.7 Å². The number of carbonyl (C=O) groups is 1. The molecular formula is C14H17BrN4OS. The van der Waals surface area contributed by atoms with Crippen LogP contribution in [0.4, 0.5) is 5.13 Å². The number of nitrogens with one attached hydrogen (secondary N) is 1. The van der Waals surface area contributed by atoms with Crippen LogP contribution in [-0.2, 0) is 6.54 Å². The summed E-state index contributed by atoms with van der Waals surface area (Å²) in [5.74, 6) is -0.118. The minimum absolute atomic E-state index is 0.118. The molecule has 1 aromatic carbocycles. The van der Waals surface area contributed by atoms with Crippen molar-refractivity contribution in [1.82, 2.24) is 15.1 Å². The van der Waals surface area contributed by atoms with Gasteiger partial charge >= 0.3 is 0 Å². The van der Waals surface area contributed by atoms with E-state index in [1.165, 1.54) is 11.3 Å². The number of benzene rings is 1. The quantitative estimate of drug-likeness (QED) is 0.848. The average molecular weight is 369 g/mol. The van der Waals surface area contributed by atoms with E-state index in [9.17, 15) is 4.79 Å². The molecule has 0 unspecified atom stereocenters. The molecule has 0 aliphatic rings. The van der Waals surface area contributed by atoms with Crippen LogP contribution in [-0.4, -0.2) is 34.6 Å². The van der Waals surface area contributed by atoms with Gasteiger partial charge in [-0.2, -0.15) is 0 Å². The van der Waals surface area contributed by atoms with E-state index in [4.69, 9.17) is 0 Å². The van der Waals surface area contributed by atoms with Crippen molar-refractivity contribution in [2.24, 2.45) is 0 Å². The van der Waals surface area contributed by atoms with Crippen molar-refractivity contribution in [3.63, 3.8) is 0 Å². The van der Waals surface area contributed by atoms with Crippen molar-refractivity contribution >= 4 is 38.3 Å². The van der Waals surface area contributed by atoms with Crippen LogP contribution < -0.4 is 5.32 Å². The molecule has 2 rings (SSSR count). The molecule has 0 saturated carbocycles. The third-order valence-corrected chi connectivity index (χ3v) is 4.49. The summed E-state index contributed by atoms with van der Waals surface area (Å²) in [5.41, 5.74) is 1.06. The van der Waals surface area contributed by atoms with Crippen LogP contribution in [0, 0.1) is 0 Å². The van der Waals surface area contributed by atoms with Gasteiger partial charge in [-0.25, -0.2) is 0 Å². The molecule has 0 radical (unpaired) electrons. The molecule has 1 heterocycles. The summed E-state index contributed by atoms with van der Waals surface area (Å²) in [6.45, 7) is 3.43. The van der Waals surface area contributed by atoms with Gasteiger partial charge in [-0.3, -0.25) is 4.79 Å². The number of hydrogen-bond donors (Lipinski definition) is 1. The van der Waals surface area contributed by atoms with Gasteiger partial charge in [0.2, 0.25) is 10.1 Å². The Bertz CT molecular complexity index is 617. The minimum atomic E-state index is -0.118. The second-order valence-electron chi connectivity index (χ2n) is 4.59. The first-order chi connectivity index (χ1) is 10.1. The number of halogens is 1. The van der Waals surface area contributed by atoms with Gasteiger partial charge in [0.1, 0.15) is 0 Å². The van der Waals surface area contributed by atoms with Gasteiger partial charge in [0.15, 0.2) is 0 Å². The molecule has 0 saturated heterocycles. The Morgan fingerprint density at radius 3 is 2.86 bits per heavy atom. The molecule has 0 spiro atoms. The number of aromatic nitrogens is 2. The first-order valence-corrected chi connectivity index (χ1v) is 8.29. The van der Waals surface area contributed by atoms with Gasteiger partial charge in [0, 0.05) is 24.6 Å². The van der Waals surface area contributed by atoms with E-state index in [0.717, 1.165) is 23.0 Å². The molecule has 112 valence electrons. The lowest BCUT2D eigenvalue weighted by atomic mass is 10.2. The van der Waals surface area contributed by atoms with Gasteiger partial charge in [0.05, 0.1) is 0 Å². The fraction of sp³-hybridized carbons (Fsp3) is 0.357. The van der Waals surface area contributed by atoms with E-state index < -0.39 is 0 Å². The minimum Gasteiger partial charge on any atom is -0.360 e. The molecule has 0 fully saturated rings. The zero-order valence-corrected chi connectivity index (χ0v) is 14.4. The van der Waals surface area contributed by atoms with Gasteiger partial charge < -0.3 is 10.2 Å². The number of amides is 1. The molecule has 5 nitrogen and oxygen atoms in total. The topological polar surface area (TPSA) is 58.1 Å². The van der Waals surface area contributed by atoms with E-state index in [2.05, 4.69) is 38.4 Å². The fourth-order valence-electron chi connectivity index (χ4n) is 1.73. The predicted molar refractivity (Wildman–Crippen MR) is 88.6 cm³/mol. The van der Waals surface area contributed by atoms with Crippen molar-refractivity contribution in [1.29, 1.82) is 0 Å². The van der Waals surface area contributed by atoms with Crippen molar-refractivity contribution in [2.45, 2.75) is 19.9 Å². The standard InChI is InChI=1S/C14H17BrN4OS/c1-3-8-16-14-18-17-12(21-14)13(20)19(2)9-10-6-4-5-7-11(10)15/h4-7H,3,8-9H2,1-2H3,(H,16,18). The van der Waals surface area contributed by atoms with Crippen molar-refractivity contribution in [2.75, 3.05) is 18.9 Å². The summed E-state index contributed by atoms with van der Waals surface area (Å²) in [6.07, 6.45) is 1.00. The number of anilines is 1. The summed E-state index contributed by atoms with van der Waals surface area (Å²) in [4.78, 5) is 14.0. The highest BCUT2D eigenvalue weighted by atomic mass is 79.9. The molecule has 21 heavy (non-hydrogen) atoms. The summed E-state index contributed by atoms with van der Waals surface area (Å²) in [6, 6.07) is 7.86. The maximum Gasteiger partial charge on any atom is 0.284 e. The van der Waals surface area contributed by atoms with Gasteiger partial charge in [-0.1, -0.05) is 52.4 Å². The first kappa shape index (κ1) is 15.9. The highest BCUT2D eigenvalue weighted by molar-refractivity contribution is 9.10. The summed E-state index contributed by atoms with van der Waals surface area (Å²) >= 11 is 4.78. The Kier molecular flexibility index (Phi) is 5.69. The van der Waals surface area contributed by atoms with E-state index >= 15 is 0 Å². The van der Waals surface area contributed by atoms with Gasteiger partial charge in [-0.15, -0.1) is 10.2 Å². The first-order valence-electron chi connectivity index (χ1n) is 6.68. The Morgan fingerprint density at radius 1 is 1.38 bits per heavy atom. The van der Waals surface area contributed by atoms with Gasteiger partial charge in [0.25, 0.3) is 5.91 Å². The maximum absolute atomic E-state index is 12.3. The fourth-order valence-corrected chi connectivity index (χ4v) is 2.90. The van der Waals surface area contributed by atoms with Crippen LogP contribution in [0.5, 0.6) is 0 Å². The Morgan fingerprint density at radius 2 is 2.14 bits per heavy atom. The van der Waals surface area contributed by atoms with Crippen molar-refractivity contribution < 1.29 is 4.79 Å². The monoisotopic (exact) mass is 368 g/mol. The van der Waals surface area contributed by atoms with Crippen LogP contribution >= 0.6 is 27.3 Å².